The molecule has 1 aliphatic heterocycles. The van der Waals surface area contributed by atoms with Crippen molar-refractivity contribution in [2.75, 3.05) is 18.7 Å². The van der Waals surface area contributed by atoms with Gasteiger partial charge in [-0.25, -0.2) is 4.79 Å². The summed E-state index contributed by atoms with van der Waals surface area (Å²) in [6.45, 7) is 1.83. The maximum atomic E-state index is 12.2. The van der Waals surface area contributed by atoms with Crippen LogP contribution in [0.1, 0.15) is 12.5 Å². The molecular weight excluding hydrogens is 386 g/mol. The number of carbonyl (C=O) groups is 1. The summed E-state index contributed by atoms with van der Waals surface area (Å²) in [5.41, 5.74) is 1.30. The van der Waals surface area contributed by atoms with Crippen molar-refractivity contribution < 1.29 is 23.4 Å². The highest BCUT2D eigenvalue weighted by molar-refractivity contribution is 6.32. The Kier molecular flexibility index (Phi) is 4.83. The molecule has 0 radical (unpaired) electrons. The number of benzene rings is 2. The Morgan fingerprint density at radius 3 is 2.82 bits per heavy atom. The lowest BCUT2D eigenvalue weighted by Crippen LogP contribution is -2.20. The van der Waals surface area contributed by atoms with Crippen LogP contribution in [0.2, 0.25) is 5.02 Å². The van der Waals surface area contributed by atoms with Crippen LogP contribution >= 0.6 is 11.6 Å². The molecule has 1 N–H and O–H groups in total. The molecule has 0 bridgehead atoms. The van der Waals surface area contributed by atoms with Crippen molar-refractivity contribution in [1.29, 1.82) is 0 Å². The lowest BCUT2D eigenvalue weighted by molar-refractivity contribution is -0.118. The fraction of sp³-hybridized carbons (Fsp3) is 0.200. The second-order valence-corrected chi connectivity index (χ2v) is 6.54. The van der Waals surface area contributed by atoms with Gasteiger partial charge in [0.25, 0.3) is 5.91 Å². The Labute approximate surface area is 164 Å². The van der Waals surface area contributed by atoms with E-state index in [1.165, 1.54) is 12.1 Å². The number of nitrogens with one attached hydrogen (secondary N) is 1. The van der Waals surface area contributed by atoms with Crippen LogP contribution in [0.25, 0.3) is 11.0 Å². The van der Waals surface area contributed by atoms with Crippen molar-refractivity contribution in [2.24, 2.45) is 0 Å². The molecule has 2 aromatic carbocycles. The highest BCUT2D eigenvalue weighted by Crippen LogP contribution is 2.34. The number of aryl methyl sites for hydroxylation is 1. The maximum Gasteiger partial charge on any atom is 0.336 e. The molecule has 1 amide bonds. The summed E-state index contributed by atoms with van der Waals surface area (Å²) < 4.78 is 21.3. The second kappa shape index (κ2) is 7.44. The summed E-state index contributed by atoms with van der Waals surface area (Å²) >= 11 is 6.27. The Morgan fingerprint density at radius 2 is 2.00 bits per heavy atom. The second-order valence-electron chi connectivity index (χ2n) is 6.13. The number of hydrogen-bond acceptors (Lipinski definition) is 6. The maximum absolute atomic E-state index is 12.2. The third-order valence-electron chi connectivity index (χ3n) is 4.28. The van der Waals surface area contributed by atoms with Crippen LogP contribution in [0.3, 0.4) is 0 Å². The Balaban J connectivity index is 1.48. The van der Waals surface area contributed by atoms with Crippen LogP contribution in [0.15, 0.2) is 45.6 Å². The van der Waals surface area contributed by atoms with Crippen LogP contribution in [-0.2, 0) is 11.2 Å². The third kappa shape index (κ3) is 3.61. The number of carbonyl (C=O) groups excluding carboxylic acids is 1. The van der Waals surface area contributed by atoms with Gasteiger partial charge in [-0.15, -0.1) is 0 Å². The molecule has 7 nitrogen and oxygen atoms in total. The first-order chi connectivity index (χ1) is 13.5. The molecule has 144 valence electrons. The first kappa shape index (κ1) is 18.2. The van der Waals surface area contributed by atoms with Crippen molar-refractivity contribution in [2.45, 2.75) is 13.3 Å². The molecule has 1 aromatic heterocycles. The predicted molar refractivity (Wildman–Crippen MR) is 104 cm³/mol. The number of ether oxygens (including phenoxy) is 3. The van der Waals surface area contributed by atoms with Gasteiger partial charge in [0.2, 0.25) is 6.79 Å². The summed E-state index contributed by atoms with van der Waals surface area (Å²) in [5.74, 6) is 1.08. The summed E-state index contributed by atoms with van der Waals surface area (Å²) in [5, 5.41) is 3.78. The SMILES string of the molecule is CCc1cc(=O)oc2cc(OCC(=O)Nc3ccc4c(c3)OCO4)c(Cl)cc12. The average Bonchev–Trinajstić information content (AvgIpc) is 3.14. The van der Waals surface area contributed by atoms with Gasteiger partial charge in [0.15, 0.2) is 18.1 Å². The van der Waals surface area contributed by atoms with Crippen LogP contribution in [0.4, 0.5) is 5.69 Å². The Morgan fingerprint density at radius 1 is 1.18 bits per heavy atom. The van der Waals surface area contributed by atoms with Crippen molar-refractivity contribution in [1.82, 2.24) is 0 Å². The number of halogens is 1. The number of rotatable bonds is 5. The number of amides is 1. The van der Waals surface area contributed by atoms with Gasteiger partial charge in [-0.3, -0.25) is 4.79 Å². The molecule has 8 heteroatoms. The van der Waals surface area contributed by atoms with E-state index in [-0.39, 0.29) is 25.1 Å². The lowest BCUT2D eigenvalue weighted by Gasteiger charge is -2.11. The van der Waals surface area contributed by atoms with Crippen LogP contribution in [0.5, 0.6) is 17.2 Å². The van der Waals surface area contributed by atoms with Crippen molar-refractivity contribution >= 4 is 34.2 Å². The molecule has 28 heavy (non-hydrogen) atoms. The van der Waals surface area contributed by atoms with E-state index >= 15 is 0 Å². The van der Waals surface area contributed by atoms with Gasteiger partial charge in [0.05, 0.1) is 5.02 Å². The molecule has 3 aromatic rings. The van der Waals surface area contributed by atoms with Gasteiger partial charge < -0.3 is 23.9 Å². The summed E-state index contributed by atoms with van der Waals surface area (Å²) in [4.78, 5) is 23.9. The smallest absolute Gasteiger partial charge is 0.336 e. The molecule has 0 saturated heterocycles. The van der Waals surface area contributed by atoms with E-state index in [9.17, 15) is 9.59 Å². The fourth-order valence-corrected chi connectivity index (χ4v) is 3.16. The first-order valence-corrected chi connectivity index (χ1v) is 9.00. The average molecular weight is 402 g/mol. The van der Waals surface area contributed by atoms with Gasteiger partial charge in [-0.2, -0.15) is 0 Å². The molecule has 2 heterocycles. The van der Waals surface area contributed by atoms with Gasteiger partial charge >= 0.3 is 5.63 Å². The predicted octanol–water partition coefficient (Wildman–Crippen LogP) is 3.76. The van der Waals surface area contributed by atoms with Crippen molar-refractivity contribution in [3.05, 3.63) is 57.4 Å². The zero-order valence-electron chi connectivity index (χ0n) is 14.9. The fourth-order valence-electron chi connectivity index (χ4n) is 2.95. The monoisotopic (exact) mass is 401 g/mol. The van der Waals surface area contributed by atoms with Crippen molar-refractivity contribution in [3.63, 3.8) is 0 Å². The summed E-state index contributed by atoms with van der Waals surface area (Å²) in [7, 11) is 0. The minimum atomic E-state index is -0.446. The van der Waals surface area contributed by atoms with Crippen molar-refractivity contribution in [3.8, 4) is 17.2 Å². The molecular formula is C20H16ClNO6. The van der Waals surface area contributed by atoms with Crippen LogP contribution in [0, 0.1) is 0 Å². The number of hydrogen-bond donors (Lipinski definition) is 1. The highest BCUT2D eigenvalue weighted by atomic mass is 35.5. The van der Waals surface area contributed by atoms with Gasteiger partial charge in [0, 0.05) is 29.3 Å². The van der Waals surface area contributed by atoms with E-state index in [2.05, 4.69) is 5.32 Å². The molecule has 1 aliphatic rings. The van der Waals surface area contributed by atoms with Crippen LogP contribution < -0.4 is 25.2 Å². The largest absolute Gasteiger partial charge is 0.482 e. The molecule has 0 fully saturated rings. The Bertz CT molecular complexity index is 1120. The molecule has 0 spiro atoms. The van der Waals surface area contributed by atoms with Crippen LogP contribution in [-0.4, -0.2) is 19.3 Å². The topological polar surface area (TPSA) is 87.0 Å². The van der Waals surface area contributed by atoms with E-state index in [4.69, 9.17) is 30.2 Å². The highest BCUT2D eigenvalue weighted by Gasteiger charge is 2.15. The zero-order valence-corrected chi connectivity index (χ0v) is 15.7. The van der Waals surface area contributed by atoms with Gasteiger partial charge in [-0.1, -0.05) is 18.5 Å². The molecule has 0 aliphatic carbocycles. The van der Waals surface area contributed by atoms with E-state index in [1.54, 1.807) is 24.3 Å². The quantitative estimate of drug-likeness (QED) is 0.655. The van der Waals surface area contributed by atoms with E-state index in [0.717, 1.165) is 10.9 Å². The number of anilines is 1. The van der Waals surface area contributed by atoms with E-state index < -0.39 is 5.63 Å². The Hall–Kier alpha value is -3.19. The van der Waals surface area contributed by atoms with E-state index in [0.29, 0.717) is 34.2 Å². The molecule has 4 rings (SSSR count). The van der Waals surface area contributed by atoms with Gasteiger partial charge in [-0.05, 0) is 30.2 Å². The minimum Gasteiger partial charge on any atom is -0.482 e. The standard InChI is InChI=1S/C20H16ClNO6/c1-2-11-5-20(24)28-16-8-17(14(21)7-13(11)16)25-9-19(23)22-12-3-4-15-18(6-12)27-10-26-15/h3-8H,2,9-10H2,1H3,(H,22,23). The molecule has 0 unspecified atom stereocenters. The molecule has 0 atom stereocenters. The van der Waals surface area contributed by atoms with Gasteiger partial charge in [0.1, 0.15) is 11.3 Å². The van der Waals surface area contributed by atoms with E-state index in [1.807, 2.05) is 6.92 Å². The lowest BCUT2D eigenvalue weighted by atomic mass is 10.1. The summed E-state index contributed by atoms with van der Waals surface area (Å²) in [6.07, 6.45) is 0.663. The molecule has 0 saturated carbocycles. The minimum absolute atomic E-state index is 0.159. The number of fused-ring (bicyclic) bond motifs is 2. The summed E-state index contributed by atoms with van der Waals surface area (Å²) in [6, 6.07) is 9.72. The normalized spacial score (nSPS) is 12.2. The zero-order chi connectivity index (χ0) is 19.7. The third-order valence-corrected chi connectivity index (χ3v) is 4.57. The first-order valence-electron chi connectivity index (χ1n) is 8.62.